The zero-order valence-corrected chi connectivity index (χ0v) is 16.5. The Morgan fingerprint density at radius 3 is 2.46 bits per heavy atom. The molecule has 4 heteroatoms. The second kappa shape index (κ2) is 9.90. The first kappa shape index (κ1) is 19.9. The smallest absolute Gasteiger partial charge is 0.228 e. The molecule has 1 heterocycles. The van der Waals surface area contributed by atoms with Gasteiger partial charge in [-0.3, -0.25) is 4.79 Å². The molecule has 3 rings (SSSR count). The van der Waals surface area contributed by atoms with Crippen LogP contribution < -0.4 is 5.32 Å². The standard InChI is InChI=1S/C24H27NO3/c1-18(2)13-19-8-10-20(11-9-19)15-24(26)25-22-6-3-5-21(14-22)16-27-17-23-7-4-12-28-23/h3-12,14,18H,13,15-17H2,1-2H3,(H,25,26). The highest BCUT2D eigenvalue weighted by Crippen LogP contribution is 2.14. The molecule has 0 spiro atoms. The number of carbonyl (C=O) groups excluding carboxylic acids is 1. The van der Waals surface area contributed by atoms with Crippen LogP contribution >= 0.6 is 0 Å². The van der Waals surface area contributed by atoms with Gasteiger partial charge in [0.15, 0.2) is 0 Å². The van der Waals surface area contributed by atoms with Gasteiger partial charge in [0.1, 0.15) is 12.4 Å². The van der Waals surface area contributed by atoms with Crippen molar-refractivity contribution in [2.24, 2.45) is 5.92 Å². The number of rotatable bonds is 9. The van der Waals surface area contributed by atoms with Gasteiger partial charge in [-0.1, -0.05) is 50.2 Å². The number of ether oxygens (including phenoxy) is 1. The predicted octanol–water partition coefficient (Wildman–Crippen LogP) is 5.38. The maximum absolute atomic E-state index is 12.4. The summed E-state index contributed by atoms with van der Waals surface area (Å²) in [4.78, 5) is 12.4. The minimum atomic E-state index is -0.0229. The minimum absolute atomic E-state index is 0.0229. The zero-order chi connectivity index (χ0) is 19.8. The highest BCUT2D eigenvalue weighted by Gasteiger charge is 2.06. The molecule has 0 saturated carbocycles. The Morgan fingerprint density at radius 2 is 1.75 bits per heavy atom. The van der Waals surface area contributed by atoms with Gasteiger partial charge in [0.2, 0.25) is 5.91 Å². The molecule has 2 aromatic carbocycles. The van der Waals surface area contributed by atoms with Gasteiger partial charge < -0.3 is 14.5 Å². The number of anilines is 1. The number of hydrogen-bond acceptors (Lipinski definition) is 3. The first-order chi connectivity index (χ1) is 13.6. The zero-order valence-electron chi connectivity index (χ0n) is 16.5. The molecule has 28 heavy (non-hydrogen) atoms. The van der Waals surface area contributed by atoms with Gasteiger partial charge in [-0.25, -0.2) is 0 Å². The molecule has 1 amide bonds. The molecule has 0 aliphatic carbocycles. The van der Waals surface area contributed by atoms with E-state index in [1.807, 2.05) is 48.5 Å². The summed E-state index contributed by atoms with van der Waals surface area (Å²) in [5.74, 6) is 1.40. The Kier molecular flexibility index (Phi) is 7.04. The molecule has 146 valence electrons. The van der Waals surface area contributed by atoms with Gasteiger partial charge in [0.25, 0.3) is 0 Å². The summed E-state index contributed by atoms with van der Waals surface area (Å²) < 4.78 is 10.9. The van der Waals surface area contributed by atoms with Crippen molar-refractivity contribution in [2.75, 3.05) is 5.32 Å². The maximum atomic E-state index is 12.4. The van der Waals surface area contributed by atoms with Crippen molar-refractivity contribution in [1.29, 1.82) is 0 Å². The van der Waals surface area contributed by atoms with Gasteiger partial charge >= 0.3 is 0 Å². The molecule has 1 aromatic heterocycles. The van der Waals surface area contributed by atoms with Crippen LogP contribution in [0.25, 0.3) is 0 Å². The van der Waals surface area contributed by atoms with Gasteiger partial charge in [0, 0.05) is 5.69 Å². The van der Waals surface area contributed by atoms with Gasteiger partial charge in [-0.15, -0.1) is 0 Å². The van der Waals surface area contributed by atoms with Crippen molar-refractivity contribution in [3.63, 3.8) is 0 Å². The van der Waals surface area contributed by atoms with Crippen molar-refractivity contribution in [3.8, 4) is 0 Å². The molecule has 1 N–H and O–H groups in total. The topological polar surface area (TPSA) is 51.5 Å². The number of benzene rings is 2. The lowest BCUT2D eigenvalue weighted by atomic mass is 10.0. The van der Waals surface area contributed by atoms with E-state index in [2.05, 4.69) is 31.3 Å². The first-order valence-electron chi connectivity index (χ1n) is 9.65. The second-order valence-corrected chi connectivity index (χ2v) is 7.41. The highest BCUT2D eigenvalue weighted by atomic mass is 16.5. The predicted molar refractivity (Wildman–Crippen MR) is 111 cm³/mol. The van der Waals surface area contributed by atoms with E-state index in [1.165, 1.54) is 5.56 Å². The number of nitrogens with one attached hydrogen (secondary N) is 1. The summed E-state index contributed by atoms with van der Waals surface area (Å²) in [7, 11) is 0. The second-order valence-electron chi connectivity index (χ2n) is 7.41. The van der Waals surface area contributed by atoms with Crippen molar-refractivity contribution >= 4 is 11.6 Å². The lowest BCUT2D eigenvalue weighted by molar-refractivity contribution is -0.115. The molecule has 4 nitrogen and oxygen atoms in total. The van der Waals surface area contributed by atoms with E-state index in [1.54, 1.807) is 6.26 Å². The Hall–Kier alpha value is -2.85. The third-order valence-corrected chi connectivity index (χ3v) is 4.34. The molecule has 0 fully saturated rings. The molecular formula is C24H27NO3. The van der Waals surface area contributed by atoms with Gasteiger partial charge in [0.05, 0.1) is 19.3 Å². The Bertz CT molecular complexity index is 867. The van der Waals surface area contributed by atoms with E-state index in [0.717, 1.165) is 29.0 Å². The average Bonchev–Trinajstić information content (AvgIpc) is 3.17. The Morgan fingerprint density at radius 1 is 0.964 bits per heavy atom. The fourth-order valence-corrected chi connectivity index (χ4v) is 3.06. The molecule has 0 unspecified atom stereocenters. The number of hydrogen-bond donors (Lipinski definition) is 1. The van der Waals surface area contributed by atoms with Crippen molar-refractivity contribution in [1.82, 2.24) is 0 Å². The fourth-order valence-electron chi connectivity index (χ4n) is 3.06. The van der Waals surface area contributed by atoms with Crippen LogP contribution in [-0.4, -0.2) is 5.91 Å². The monoisotopic (exact) mass is 377 g/mol. The third-order valence-electron chi connectivity index (χ3n) is 4.34. The molecule has 0 bridgehead atoms. The number of amides is 1. The summed E-state index contributed by atoms with van der Waals surface area (Å²) in [5, 5.41) is 2.97. The Labute approximate surface area is 166 Å². The summed E-state index contributed by atoms with van der Waals surface area (Å²) in [5.41, 5.74) is 4.10. The fraction of sp³-hybridized carbons (Fsp3) is 0.292. The maximum Gasteiger partial charge on any atom is 0.228 e. The molecule has 0 atom stereocenters. The SMILES string of the molecule is CC(C)Cc1ccc(CC(=O)Nc2cccc(COCc3ccco3)c2)cc1. The van der Waals surface area contributed by atoms with Crippen molar-refractivity contribution in [3.05, 3.63) is 89.4 Å². The van der Waals surface area contributed by atoms with Gasteiger partial charge in [-0.05, 0) is 53.3 Å². The largest absolute Gasteiger partial charge is 0.467 e. The summed E-state index contributed by atoms with van der Waals surface area (Å²) >= 11 is 0. The van der Waals surface area contributed by atoms with Crippen molar-refractivity contribution in [2.45, 2.75) is 39.9 Å². The molecule has 0 radical (unpaired) electrons. The van der Waals surface area contributed by atoms with Crippen LogP contribution in [0, 0.1) is 5.92 Å². The van der Waals surface area contributed by atoms with Crippen LogP contribution in [0.1, 0.15) is 36.3 Å². The quantitative estimate of drug-likeness (QED) is 0.545. The highest BCUT2D eigenvalue weighted by molar-refractivity contribution is 5.92. The van der Waals surface area contributed by atoms with E-state index < -0.39 is 0 Å². The summed E-state index contributed by atoms with van der Waals surface area (Å²) in [6.45, 7) is 5.30. The van der Waals surface area contributed by atoms with Crippen LogP contribution in [0.5, 0.6) is 0 Å². The molecular weight excluding hydrogens is 350 g/mol. The lowest BCUT2D eigenvalue weighted by Crippen LogP contribution is -2.14. The summed E-state index contributed by atoms with van der Waals surface area (Å²) in [6.07, 6.45) is 3.05. The van der Waals surface area contributed by atoms with E-state index >= 15 is 0 Å². The van der Waals surface area contributed by atoms with Crippen LogP contribution in [0.3, 0.4) is 0 Å². The average molecular weight is 377 g/mol. The van der Waals surface area contributed by atoms with E-state index in [4.69, 9.17) is 9.15 Å². The molecule has 3 aromatic rings. The third kappa shape index (κ3) is 6.39. The van der Waals surface area contributed by atoms with E-state index in [9.17, 15) is 4.79 Å². The van der Waals surface area contributed by atoms with Gasteiger partial charge in [-0.2, -0.15) is 0 Å². The molecule has 0 aliphatic heterocycles. The normalized spacial score (nSPS) is 11.0. The van der Waals surface area contributed by atoms with Crippen LogP contribution in [0.2, 0.25) is 0 Å². The van der Waals surface area contributed by atoms with Crippen LogP contribution in [-0.2, 0) is 35.6 Å². The van der Waals surface area contributed by atoms with E-state index in [0.29, 0.717) is 25.6 Å². The Balaban J connectivity index is 1.49. The molecule has 0 aliphatic rings. The summed E-state index contributed by atoms with van der Waals surface area (Å²) in [6, 6.07) is 19.7. The number of furan rings is 1. The first-order valence-corrected chi connectivity index (χ1v) is 9.65. The lowest BCUT2D eigenvalue weighted by Gasteiger charge is -2.09. The van der Waals surface area contributed by atoms with E-state index in [-0.39, 0.29) is 5.91 Å². The minimum Gasteiger partial charge on any atom is -0.467 e. The van der Waals surface area contributed by atoms with Crippen LogP contribution in [0.4, 0.5) is 5.69 Å². The van der Waals surface area contributed by atoms with Crippen molar-refractivity contribution < 1.29 is 13.9 Å². The number of carbonyl (C=O) groups is 1. The molecule has 0 saturated heterocycles. The van der Waals surface area contributed by atoms with Crippen LogP contribution in [0.15, 0.2) is 71.3 Å².